The number of halogens is 4. The molecular weight excluding hydrogens is 350 g/mol. The van der Waals surface area contributed by atoms with Gasteiger partial charge in [-0.3, -0.25) is 0 Å². The normalized spacial score (nSPS) is 15.0. The van der Waals surface area contributed by atoms with Crippen molar-refractivity contribution in [1.82, 2.24) is 4.72 Å². The van der Waals surface area contributed by atoms with Crippen molar-refractivity contribution in [3.63, 3.8) is 0 Å². The molecule has 2 N–H and O–H groups in total. The molecule has 130 valence electrons. The van der Waals surface area contributed by atoms with Crippen molar-refractivity contribution < 1.29 is 31.1 Å². The highest BCUT2D eigenvalue weighted by molar-refractivity contribution is 7.89. The van der Waals surface area contributed by atoms with Crippen LogP contribution in [0.15, 0.2) is 59.5 Å². The smallest absolute Gasteiger partial charge is 0.375 e. The van der Waals surface area contributed by atoms with Crippen molar-refractivity contribution >= 4 is 10.0 Å². The Hall–Kier alpha value is -1.97. The van der Waals surface area contributed by atoms with E-state index in [-0.39, 0.29) is 0 Å². The Morgan fingerprint density at radius 1 is 1.00 bits per heavy atom. The molecule has 0 aliphatic rings. The molecule has 0 bridgehead atoms. The van der Waals surface area contributed by atoms with Crippen LogP contribution < -0.4 is 4.72 Å². The minimum absolute atomic E-state index is 0.514. The SMILES string of the molecule is O=S(=O)(NCC(O)(c1ccccc1)C(F)(F)F)c1cccc(F)c1. The minimum atomic E-state index is -5.13. The second kappa shape index (κ2) is 6.50. The zero-order valence-corrected chi connectivity index (χ0v) is 12.9. The van der Waals surface area contributed by atoms with Gasteiger partial charge in [0.15, 0.2) is 5.60 Å². The Bertz CT molecular complexity index is 809. The predicted octanol–water partition coefficient (Wildman–Crippen LogP) is 2.55. The van der Waals surface area contributed by atoms with Crippen molar-refractivity contribution in [2.24, 2.45) is 0 Å². The predicted molar refractivity (Wildman–Crippen MR) is 78.0 cm³/mol. The summed E-state index contributed by atoms with van der Waals surface area (Å²) in [5.74, 6) is -0.855. The molecule has 24 heavy (non-hydrogen) atoms. The van der Waals surface area contributed by atoms with Crippen LogP contribution in [0.25, 0.3) is 0 Å². The van der Waals surface area contributed by atoms with Crippen molar-refractivity contribution in [1.29, 1.82) is 0 Å². The Morgan fingerprint density at radius 3 is 2.17 bits per heavy atom. The van der Waals surface area contributed by atoms with Crippen LogP contribution in [-0.4, -0.2) is 26.2 Å². The first-order valence-electron chi connectivity index (χ1n) is 6.66. The lowest BCUT2D eigenvalue weighted by Crippen LogP contribution is -2.51. The number of sulfonamides is 1. The van der Waals surface area contributed by atoms with Gasteiger partial charge in [0.25, 0.3) is 0 Å². The maximum absolute atomic E-state index is 13.3. The molecule has 0 aromatic heterocycles. The molecule has 2 aromatic rings. The summed E-state index contributed by atoms with van der Waals surface area (Å²) in [5, 5.41) is 10.1. The molecule has 9 heteroatoms. The Balaban J connectivity index is 2.32. The first kappa shape index (κ1) is 18.4. The Morgan fingerprint density at radius 2 is 1.62 bits per heavy atom. The summed E-state index contributed by atoms with van der Waals surface area (Å²) in [4.78, 5) is -0.542. The van der Waals surface area contributed by atoms with Crippen LogP contribution in [-0.2, 0) is 15.6 Å². The average Bonchev–Trinajstić information content (AvgIpc) is 2.52. The van der Waals surface area contributed by atoms with Crippen LogP contribution in [0.4, 0.5) is 17.6 Å². The Kier molecular flexibility index (Phi) is 4.97. The van der Waals surface area contributed by atoms with Gasteiger partial charge in [-0.1, -0.05) is 36.4 Å². The van der Waals surface area contributed by atoms with Crippen LogP contribution in [0.2, 0.25) is 0 Å². The van der Waals surface area contributed by atoms with E-state index in [0.717, 1.165) is 30.3 Å². The average molecular weight is 363 g/mol. The lowest BCUT2D eigenvalue weighted by Gasteiger charge is -2.31. The van der Waals surface area contributed by atoms with E-state index >= 15 is 0 Å². The van der Waals surface area contributed by atoms with E-state index in [1.54, 1.807) is 4.72 Å². The third-order valence-electron chi connectivity index (χ3n) is 3.34. The summed E-state index contributed by atoms with van der Waals surface area (Å²) in [6.07, 6.45) is -5.13. The fraction of sp³-hybridized carbons (Fsp3) is 0.200. The van der Waals surface area contributed by atoms with Gasteiger partial charge < -0.3 is 5.11 Å². The molecule has 4 nitrogen and oxygen atoms in total. The van der Waals surface area contributed by atoms with Gasteiger partial charge in [-0.2, -0.15) is 13.2 Å². The molecule has 0 heterocycles. The minimum Gasteiger partial charge on any atom is -0.375 e. The Labute approximate surface area is 135 Å². The standard InChI is InChI=1S/C15H13F4NO3S/c16-12-7-4-8-13(9-12)24(22,23)20-10-14(21,15(17,18)19)11-5-2-1-3-6-11/h1-9,20-21H,10H2. The largest absolute Gasteiger partial charge is 0.422 e. The molecule has 0 spiro atoms. The van der Waals surface area contributed by atoms with Crippen molar-refractivity contribution in [2.75, 3.05) is 6.54 Å². The number of aliphatic hydroxyl groups is 1. The molecule has 2 aromatic carbocycles. The van der Waals surface area contributed by atoms with Gasteiger partial charge in [0, 0.05) is 0 Å². The van der Waals surface area contributed by atoms with E-state index < -0.39 is 44.6 Å². The number of hydrogen-bond acceptors (Lipinski definition) is 3. The third kappa shape index (κ3) is 3.74. The van der Waals surface area contributed by atoms with E-state index in [1.807, 2.05) is 0 Å². The third-order valence-corrected chi connectivity index (χ3v) is 4.74. The molecule has 0 radical (unpaired) electrons. The molecule has 1 atom stereocenters. The van der Waals surface area contributed by atoms with E-state index in [9.17, 15) is 31.1 Å². The zero-order valence-electron chi connectivity index (χ0n) is 12.1. The molecule has 0 aliphatic carbocycles. The second-order valence-corrected chi connectivity index (χ2v) is 6.77. The molecule has 2 rings (SSSR count). The zero-order chi connectivity index (χ0) is 18.0. The first-order valence-corrected chi connectivity index (χ1v) is 8.14. The number of alkyl halides is 3. The lowest BCUT2D eigenvalue weighted by atomic mass is 9.93. The van der Waals surface area contributed by atoms with Crippen LogP contribution in [0.5, 0.6) is 0 Å². The van der Waals surface area contributed by atoms with Crippen LogP contribution in [0.3, 0.4) is 0 Å². The fourth-order valence-electron chi connectivity index (χ4n) is 2.00. The highest BCUT2D eigenvalue weighted by atomic mass is 32.2. The second-order valence-electron chi connectivity index (χ2n) is 5.01. The van der Waals surface area contributed by atoms with Gasteiger partial charge in [-0.05, 0) is 23.8 Å². The number of hydrogen-bond donors (Lipinski definition) is 2. The summed E-state index contributed by atoms with van der Waals surface area (Å²) < 4.78 is 78.7. The monoisotopic (exact) mass is 363 g/mol. The van der Waals surface area contributed by atoms with Gasteiger partial charge in [-0.25, -0.2) is 17.5 Å². The van der Waals surface area contributed by atoms with E-state index in [4.69, 9.17) is 0 Å². The molecular formula is C15H13F4NO3S. The van der Waals surface area contributed by atoms with Gasteiger partial charge >= 0.3 is 6.18 Å². The molecule has 0 aliphatic heterocycles. The van der Waals surface area contributed by atoms with Crippen molar-refractivity contribution in [2.45, 2.75) is 16.7 Å². The summed E-state index contributed by atoms with van der Waals surface area (Å²) in [6.45, 7) is -1.35. The van der Waals surface area contributed by atoms with Crippen LogP contribution in [0, 0.1) is 5.82 Å². The topological polar surface area (TPSA) is 66.4 Å². The highest BCUT2D eigenvalue weighted by Gasteiger charge is 2.55. The fourth-order valence-corrected chi connectivity index (χ4v) is 3.09. The number of nitrogens with one attached hydrogen (secondary N) is 1. The number of rotatable bonds is 5. The van der Waals surface area contributed by atoms with Crippen molar-refractivity contribution in [3.05, 3.63) is 66.0 Å². The van der Waals surface area contributed by atoms with Gasteiger partial charge in [-0.15, -0.1) is 0 Å². The summed E-state index contributed by atoms with van der Waals surface area (Å²) in [7, 11) is -4.43. The van der Waals surface area contributed by atoms with Crippen LogP contribution in [0.1, 0.15) is 5.56 Å². The number of benzene rings is 2. The first-order chi connectivity index (χ1) is 11.1. The quantitative estimate of drug-likeness (QED) is 0.803. The van der Waals surface area contributed by atoms with E-state index in [0.29, 0.717) is 6.07 Å². The molecule has 0 fully saturated rings. The maximum Gasteiger partial charge on any atom is 0.422 e. The molecule has 1 unspecified atom stereocenters. The highest BCUT2D eigenvalue weighted by Crippen LogP contribution is 2.38. The van der Waals surface area contributed by atoms with E-state index in [1.165, 1.54) is 18.2 Å². The van der Waals surface area contributed by atoms with Crippen molar-refractivity contribution in [3.8, 4) is 0 Å². The summed E-state index contributed by atoms with van der Waals surface area (Å²) >= 11 is 0. The van der Waals surface area contributed by atoms with Gasteiger partial charge in [0.05, 0.1) is 11.4 Å². The van der Waals surface area contributed by atoms with Gasteiger partial charge in [0.1, 0.15) is 5.82 Å². The molecule has 0 saturated heterocycles. The van der Waals surface area contributed by atoms with Crippen LogP contribution >= 0.6 is 0 Å². The van der Waals surface area contributed by atoms with E-state index in [2.05, 4.69) is 0 Å². The molecule has 0 amide bonds. The van der Waals surface area contributed by atoms with Gasteiger partial charge in [0.2, 0.25) is 10.0 Å². The lowest BCUT2D eigenvalue weighted by molar-refractivity contribution is -0.263. The molecule has 0 saturated carbocycles. The maximum atomic E-state index is 13.3. The summed E-state index contributed by atoms with van der Waals surface area (Å²) in [5.41, 5.74) is -3.94. The summed E-state index contributed by atoms with van der Waals surface area (Å²) in [6, 6.07) is 9.88.